The van der Waals surface area contributed by atoms with Crippen LogP contribution in [0.3, 0.4) is 0 Å². The zero-order valence-electron chi connectivity index (χ0n) is 11.6. The molecule has 5 heteroatoms. The van der Waals surface area contributed by atoms with Crippen molar-refractivity contribution in [3.05, 3.63) is 54.1 Å². The predicted molar refractivity (Wildman–Crippen MR) is 81.6 cm³/mol. The summed E-state index contributed by atoms with van der Waals surface area (Å²) < 4.78 is 27.3. The van der Waals surface area contributed by atoms with Crippen LogP contribution in [0.5, 0.6) is 0 Å². The van der Waals surface area contributed by atoms with Gasteiger partial charge in [0, 0.05) is 31.9 Å². The van der Waals surface area contributed by atoms with Crippen LogP contribution in [-0.4, -0.2) is 26.2 Å². The van der Waals surface area contributed by atoms with Crippen LogP contribution < -0.4 is 15.5 Å². The summed E-state index contributed by atoms with van der Waals surface area (Å²) in [5.41, 5.74) is 7.41. The van der Waals surface area contributed by atoms with E-state index in [9.17, 15) is 8.78 Å². The Morgan fingerprint density at radius 1 is 0.810 bits per heavy atom. The Morgan fingerprint density at radius 2 is 1.43 bits per heavy atom. The van der Waals surface area contributed by atoms with Gasteiger partial charge in [0.05, 0.1) is 11.4 Å². The number of hydrogen-bond acceptors (Lipinski definition) is 3. The Labute approximate surface area is 122 Å². The smallest absolute Gasteiger partial charge is 0.184 e. The summed E-state index contributed by atoms with van der Waals surface area (Å²) >= 11 is 0. The van der Waals surface area contributed by atoms with E-state index in [0.717, 1.165) is 24.8 Å². The van der Waals surface area contributed by atoms with Crippen molar-refractivity contribution in [1.29, 1.82) is 0 Å². The number of para-hydroxylation sites is 1. The van der Waals surface area contributed by atoms with E-state index in [1.807, 2.05) is 35.2 Å². The predicted octanol–water partition coefficient (Wildman–Crippen LogP) is 2.87. The number of anilines is 3. The first-order valence-corrected chi connectivity index (χ1v) is 6.95. The van der Waals surface area contributed by atoms with Gasteiger partial charge >= 0.3 is 0 Å². The molecule has 0 radical (unpaired) electrons. The van der Waals surface area contributed by atoms with E-state index in [2.05, 4.69) is 4.90 Å². The van der Waals surface area contributed by atoms with E-state index in [4.69, 9.17) is 5.73 Å². The number of benzene rings is 2. The summed E-state index contributed by atoms with van der Waals surface area (Å²) in [5, 5.41) is 0. The topological polar surface area (TPSA) is 32.5 Å². The molecule has 110 valence electrons. The monoisotopic (exact) mass is 289 g/mol. The minimum Gasteiger partial charge on any atom is -0.397 e. The molecule has 0 atom stereocenters. The maximum Gasteiger partial charge on any atom is 0.184 e. The number of rotatable bonds is 2. The molecule has 0 amide bonds. The van der Waals surface area contributed by atoms with E-state index in [1.165, 1.54) is 6.07 Å². The molecule has 1 heterocycles. The van der Waals surface area contributed by atoms with Gasteiger partial charge in [-0.3, -0.25) is 0 Å². The largest absolute Gasteiger partial charge is 0.397 e. The second kappa shape index (κ2) is 5.60. The van der Waals surface area contributed by atoms with Gasteiger partial charge in [0.1, 0.15) is 0 Å². The van der Waals surface area contributed by atoms with Crippen LogP contribution in [0.15, 0.2) is 42.5 Å². The van der Waals surface area contributed by atoms with Gasteiger partial charge in [0.2, 0.25) is 0 Å². The minimum absolute atomic E-state index is 0.183. The lowest BCUT2D eigenvalue weighted by Crippen LogP contribution is -2.47. The average molecular weight is 289 g/mol. The van der Waals surface area contributed by atoms with Crippen molar-refractivity contribution < 1.29 is 8.78 Å². The van der Waals surface area contributed by atoms with Crippen molar-refractivity contribution >= 4 is 17.1 Å². The SMILES string of the molecule is Nc1ccc(F)c(F)c1N1CCN(c2ccccc2)CC1. The molecule has 1 saturated heterocycles. The highest BCUT2D eigenvalue weighted by molar-refractivity contribution is 5.69. The van der Waals surface area contributed by atoms with Crippen LogP contribution in [0.2, 0.25) is 0 Å². The van der Waals surface area contributed by atoms with Gasteiger partial charge in [-0.1, -0.05) is 18.2 Å². The van der Waals surface area contributed by atoms with Crippen molar-refractivity contribution in [2.45, 2.75) is 0 Å². The van der Waals surface area contributed by atoms with E-state index in [0.29, 0.717) is 13.1 Å². The van der Waals surface area contributed by atoms with Gasteiger partial charge < -0.3 is 15.5 Å². The summed E-state index contributed by atoms with van der Waals surface area (Å²) in [7, 11) is 0. The molecule has 2 aromatic rings. The minimum atomic E-state index is -0.858. The van der Waals surface area contributed by atoms with E-state index in [-0.39, 0.29) is 11.4 Å². The van der Waals surface area contributed by atoms with Crippen LogP contribution >= 0.6 is 0 Å². The maximum absolute atomic E-state index is 14.0. The summed E-state index contributed by atoms with van der Waals surface area (Å²) in [6, 6.07) is 12.5. The summed E-state index contributed by atoms with van der Waals surface area (Å²) in [4.78, 5) is 4.04. The normalized spacial score (nSPS) is 15.3. The molecule has 2 N–H and O–H groups in total. The zero-order chi connectivity index (χ0) is 14.8. The highest BCUT2D eigenvalue weighted by Crippen LogP contribution is 2.30. The van der Waals surface area contributed by atoms with Crippen molar-refractivity contribution in [3.8, 4) is 0 Å². The standard InChI is InChI=1S/C16H17F2N3/c17-13-6-7-14(19)16(15(13)18)21-10-8-20(9-11-21)12-4-2-1-3-5-12/h1-7H,8-11,19H2. The summed E-state index contributed by atoms with van der Waals surface area (Å²) in [6.07, 6.45) is 0. The van der Waals surface area contributed by atoms with Crippen molar-refractivity contribution in [2.75, 3.05) is 41.7 Å². The lowest BCUT2D eigenvalue weighted by molar-refractivity contribution is 0.504. The number of hydrogen-bond donors (Lipinski definition) is 1. The van der Waals surface area contributed by atoms with Crippen LogP contribution in [0.1, 0.15) is 0 Å². The van der Waals surface area contributed by atoms with Gasteiger partial charge in [-0.25, -0.2) is 8.78 Å². The second-order valence-corrected chi connectivity index (χ2v) is 5.11. The number of nitrogens with zero attached hydrogens (tertiary/aromatic N) is 2. The molecule has 2 aromatic carbocycles. The molecule has 21 heavy (non-hydrogen) atoms. The zero-order valence-corrected chi connectivity index (χ0v) is 11.6. The van der Waals surface area contributed by atoms with Crippen LogP contribution in [0, 0.1) is 11.6 Å². The van der Waals surface area contributed by atoms with Crippen LogP contribution in [0.25, 0.3) is 0 Å². The Balaban J connectivity index is 1.76. The summed E-state index contributed by atoms with van der Waals surface area (Å²) in [5.74, 6) is -1.71. The molecule has 1 aliphatic rings. The van der Waals surface area contributed by atoms with E-state index >= 15 is 0 Å². The number of nitrogen functional groups attached to an aromatic ring is 1. The first-order valence-electron chi connectivity index (χ1n) is 6.95. The second-order valence-electron chi connectivity index (χ2n) is 5.11. The molecule has 0 aliphatic carbocycles. The molecule has 3 nitrogen and oxygen atoms in total. The fourth-order valence-corrected chi connectivity index (χ4v) is 2.70. The highest BCUT2D eigenvalue weighted by Gasteiger charge is 2.23. The molecule has 0 bridgehead atoms. The maximum atomic E-state index is 14.0. The molecular weight excluding hydrogens is 272 g/mol. The van der Waals surface area contributed by atoms with Crippen molar-refractivity contribution in [1.82, 2.24) is 0 Å². The Bertz CT molecular complexity index is 623. The molecule has 0 spiro atoms. The van der Waals surface area contributed by atoms with Gasteiger partial charge in [0.25, 0.3) is 0 Å². The third-order valence-corrected chi connectivity index (χ3v) is 3.82. The first-order chi connectivity index (χ1) is 10.2. The fourth-order valence-electron chi connectivity index (χ4n) is 2.70. The Kier molecular flexibility index (Phi) is 3.64. The van der Waals surface area contributed by atoms with Gasteiger partial charge in [0.15, 0.2) is 11.6 Å². The average Bonchev–Trinajstić information content (AvgIpc) is 2.53. The van der Waals surface area contributed by atoms with E-state index < -0.39 is 11.6 Å². The number of halogens is 2. The summed E-state index contributed by atoms with van der Waals surface area (Å²) in [6.45, 7) is 2.72. The number of nitrogens with two attached hydrogens (primary N) is 1. The molecule has 1 aliphatic heterocycles. The number of piperazine rings is 1. The van der Waals surface area contributed by atoms with E-state index in [1.54, 1.807) is 0 Å². The molecule has 3 rings (SSSR count). The lowest BCUT2D eigenvalue weighted by atomic mass is 10.2. The van der Waals surface area contributed by atoms with Crippen LogP contribution in [-0.2, 0) is 0 Å². The van der Waals surface area contributed by atoms with Crippen molar-refractivity contribution in [3.63, 3.8) is 0 Å². The molecule has 0 unspecified atom stereocenters. The third kappa shape index (κ3) is 2.63. The van der Waals surface area contributed by atoms with Gasteiger partial charge in [-0.2, -0.15) is 0 Å². The fraction of sp³-hybridized carbons (Fsp3) is 0.250. The molecular formula is C16H17F2N3. The molecule has 0 aromatic heterocycles. The first kappa shape index (κ1) is 13.7. The highest BCUT2D eigenvalue weighted by atomic mass is 19.2. The quantitative estimate of drug-likeness (QED) is 0.863. The molecule has 1 fully saturated rings. The van der Waals surface area contributed by atoms with Crippen molar-refractivity contribution in [2.24, 2.45) is 0 Å². The Morgan fingerprint density at radius 3 is 2.10 bits per heavy atom. The molecule has 0 saturated carbocycles. The van der Waals surface area contributed by atoms with Gasteiger partial charge in [-0.05, 0) is 24.3 Å². The Hall–Kier alpha value is -2.30. The van der Waals surface area contributed by atoms with Gasteiger partial charge in [-0.15, -0.1) is 0 Å². The third-order valence-electron chi connectivity index (χ3n) is 3.82. The van der Waals surface area contributed by atoms with Crippen LogP contribution in [0.4, 0.5) is 25.8 Å². The lowest BCUT2D eigenvalue weighted by Gasteiger charge is -2.37.